The van der Waals surface area contributed by atoms with Gasteiger partial charge >= 0.3 is 0 Å². The molecule has 0 saturated carbocycles. The molecule has 7 nitrogen and oxygen atoms in total. The van der Waals surface area contributed by atoms with Gasteiger partial charge in [0.2, 0.25) is 6.79 Å². The molecule has 1 aromatic heterocycles. The summed E-state index contributed by atoms with van der Waals surface area (Å²) in [7, 11) is 0. The first-order valence-corrected chi connectivity index (χ1v) is 13.6. The van der Waals surface area contributed by atoms with Crippen LogP contribution in [-0.4, -0.2) is 22.7 Å². The lowest BCUT2D eigenvalue weighted by Gasteiger charge is -2.12. The fourth-order valence-electron chi connectivity index (χ4n) is 3.80. The number of ether oxygens (including phenoxy) is 3. The van der Waals surface area contributed by atoms with Crippen LogP contribution in [0.25, 0.3) is 10.9 Å². The van der Waals surface area contributed by atoms with Gasteiger partial charge < -0.3 is 14.2 Å². The van der Waals surface area contributed by atoms with Gasteiger partial charge in [-0.2, -0.15) is 9.78 Å². The molecular weight excluding hydrogens is 658 g/mol. The second-order valence-electron chi connectivity index (χ2n) is 8.09. The maximum Gasteiger partial charge on any atom is 0.282 e. The Balaban J connectivity index is 1.40. The van der Waals surface area contributed by atoms with Crippen LogP contribution < -0.4 is 19.8 Å². The van der Waals surface area contributed by atoms with E-state index in [4.69, 9.17) is 14.2 Å². The molecule has 0 radical (unpaired) electrons. The third kappa shape index (κ3) is 5.21. The summed E-state index contributed by atoms with van der Waals surface area (Å²) >= 11 is 10.6. The molecule has 0 saturated heterocycles. The van der Waals surface area contributed by atoms with E-state index in [1.54, 1.807) is 12.3 Å². The first-order chi connectivity index (χ1) is 17.4. The van der Waals surface area contributed by atoms with Crippen molar-refractivity contribution < 1.29 is 14.2 Å². The number of benzene rings is 3. The fraction of sp³-hybridized carbons (Fsp3) is 0.192. The van der Waals surface area contributed by atoms with Crippen LogP contribution in [0.1, 0.15) is 30.3 Å². The van der Waals surface area contributed by atoms with Gasteiger partial charge in [-0.25, -0.2) is 4.98 Å². The van der Waals surface area contributed by atoms with E-state index in [0.29, 0.717) is 41.3 Å². The second-order valence-corrected chi connectivity index (χ2v) is 10.7. The van der Waals surface area contributed by atoms with E-state index in [-0.39, 0.29) is 12.4 Å². The molecule has 1 aliphatic heterocycles. The van der Waals surface area contributed by atoms with Crippen LogP contribution in [0.3, 0.4) is 0 Å². The first kappa shape index (κ1) is 25.0. The van der Waals surface area contributed by atoms with Gasteiger partial charge in [0.25, 0.3) is 5.56 Å². The van der Waals surface area contributed by atoms with Crippen LogP contribution in [0.5, 0.6) is 17.2 Å². The first-order valence-electron chi connectivity index (χ1n) is 11.2. The Hall–Kier alpha value is -2.69. The van der Waals surface area contributed by atoms with E-state index in [2.05, 4.69) is 57.9 Å². The maximum absolute atomic E-state index is 13.2. The van der Waals surface area contributed by atoms with Crippen LogP contribution in [0, 0.1) is 0 Å². The summed E-state index contributed by atoms with van der Waals surface area (Å²) in [5.41, 5.74) is 2.20. The van der Waals surface area contributed by atoms with Crippen LogP contribution in [0.15, 0.2) is 71.8 Å². The van der Waals surface area contributed by atoms with E-state index in [9.17, 15) is 4.79 Å². The van der Waals surface area contributed by atoms with E-state index < -0.39 is 0 Å². The predicted octanol–water partition coefficient (Wildman–Crippen LogP) is 6.83. The molecule has 5 rings (SSSR count). The van der Waals surface area contributed by atoms with Crippen LogP contribution in [-0.2, 0) is 13.0 Å². The molecule has 0 bridgehead atoms. The summed E-state index contributed by atoms with van der Waals surface area (Å²) in [5, 5.41) is 5.02. The van der Waals surface area contributed by atoms with E-state index >= 15 is 0 Å². The molecule has 184 valence electrons. The molecule has 1 aliphatic rings. The van der Waals surface area contributed by atoms with Crippen molar-refractivity contribution in [3.63, 3.8) is 0 Å². The number of fused-ring (bicyclic) bond motifs is 2. The predicted molar refractivity (Wildman–Crippen MR) is 149 cm³/mol. The van der Waals surface area contributed by atoms with Crippen LogP contribution in [0.4, 0.5) is 0 Å². The molecule has 0 amide bonds. The number of nitrogens with zero attached hydrogens (tertiary/aromatic N) is 3. The molecule has 0 aliphatic carbocycles. The fourth-order valence-corrected chi connectivity index (χ4v) is 5.61. The summed E-state index contributed by atoms with van der Waals surface area (Å²) in [6.45, 7) is 2.64. The van der Waals surface area contributed by atoms with Gasteiger partial charge in [-0.15, -0.1) is 0 Å². The molecule has 0 atom stereocenters. The summed E-state index contributed by atoms with van der Waals surface area (Å²) in [5.74, 6) is 2.73. The Kier molecular flexibility index (Phi) is 7.45. The van der Waals surface area contributed by atoms with Gasteiger partial charge in [0, 0.05) is 10.9 Å². The molecule has 0 N–H and O–H groups in total. The topological polar surface area (TPSA) is 74.9 Å². The lowest BCUT2D eigenvalue weighted by Crippen LogP contribution is -2.22. The van der Waals surface area contributed by atoms with Crippen molar-refractivity contribution in [2.24, 2.45) is 5.10 Å². The van der Waals surface area contributed by atoms with Crippen LogP contribution >= 0.6 is 47.8 Å². The average molecular weight is 678 g/mol. The third-order valence-corrected chi connectivity index (χ3v) is 7.18. The molecule has 2 heterocycles. The second kappa shape index (κ2) is 10.7. The number of aromatic nitrogens is 2. The Morgan fingerprint density at radius 1 is 1.06 bits per heavy atom. The largest absolute Gasteiger partial charge is 0.487 e. The van der Waals surface area contributed by atoms with Gasteiger partial charge in [0.15, 0.2) is 11.5 Å². The van der Waals surface area contributed by atoms with Gasteiger partial charge in [0.1, 0.15) is 18.2 Å². The van der Waals surface area contributed by atoms with Gasteiger partial charge in [0.05, 0.1) is 26.1 Å². The minimum absolute atomic E-state index is 0.206. The molecule has 3 aromatic carbocycles. The highest BCUT2D eigenvalue weighted by Crippen LogP contribution is 2.36. The molecule has 0 spiro atoms. The molecule has 4 aromatic rings. The Morgan fingerprint density at radius 3 is 2.61 bits per heavy atom. The number of hydrogen-bond donors (Lipinski definition) is 0. The molecule has 10 heteroatoms. The number of aryl methyl sites for hydroxylation is 1. The molecular formula is C26H20Br3N3O4. The molecule has 36 heavy (non-hydrogen) atoms. The summed E-state index contributed by atoms with van der Waals surface area (Å²) in [6.07, 6.45) is 3.12. The highest BCUT2D eigenvalue weighted by atomic mass is 79.9. The minimum atomic E-state index is -0.206. The molecule has 0 unspecified atom stereocenters. The lowest BCUT2D eigenvalue weighted by atomic mass is 10.2. The Bertz CT molecular complexity index is 1530. The van der Waals surface area contributed by atoms with Crippen molar-refractivity contribution >= 4 is 64.9 Å². The van der Waals surface area contributed by atoms with E-state index in [0.717, 1.165) is 36.7 Å². The van der Waals surface area contributed by atoms with Crippen LogP contribution in [0.2, 0.25) is 0 Å². The third-order valence-electron chi connectivity index (χ3n) is 5.51. The van der Waals surface area contributed by atoms with E-state index in [1.165, 1.54) is 4.68 Å². The van der Waals surface area contributed by atoms with Gasteiger partial charge in [-0.3, -0.25) is 4.79 Å². The van der Waals surface area contributed by atoms with Gasteiger partial charge in [-0.1, -0.05) is 28.9 Å². The van der Waals surface area contributed by atoms with Crippen molar-refractivity contribution in [2.45, 2.75) is 26.4 Å². The highest BCUT2D eigenvalue weighted by molar-refractivity contribution is 9.11. The highest BCUT2D eigenvalue weighted by Gasteiger charge is 2.15. The maximum atomic E-state index is 13.2. The number of halogens is 3. The summed E-state index contributed by atoms with van der Waals surface area (Å²) in [6, 6.07) is 15.0. The Labute approximate surface area is 232 Å². The summed E-state index contributed by atoms with van der Waals surface area (Å²) < 4.78 is 20.6. The Morgan fingerprint density at radius 2 is 1.83 bits per heavy atom. The monoisotopic (exact) mass is 675 g/mol. The normalized spacial score (nSPS) is 12.6. The number of rotatable bonds is 7. The van der Waals surface area contributed by atoms with Crippen molar-refractivity contribution in [1.29, 1.82) is 0 Å². The number of hydrogen-bond acceptors (Lipinski definition) is 6. The summed E-state index contributed by atoms with van der Waals surface area (Å²) in [4.78, 5) is 17.9. The molecule has 0 fully saturated rings. The average Bonchev–Trinajstić information content (AvgIpc) is 3.32. The smallest absolute Gasteiger partial charge is 0.282 e. The minimum Gasteiger partial charge on any atom is -0.487 e. The SMILES string of the molecule is CCCc1nc2ccc(Br)cc2c(=O)n1N=Cc1cc(Br)c(OCc2ccc3c(c2)OCO3)c(Br)c1. The van der Waals surface area contributed by atoms with E-state index in [1.807, 2.05) is 49.4 Å². The zero-order valence-electron chi connectivity index (χ0n) is 19.1. The standard InChI is InChI=1S/C26H20Br3N3O4/c1-2-3-24-31-21-6-5-17(27)11-18(21)26(33)32(24)30-12-16-8-19(28)25(20(29)9-16)34-13-15-4-7-22-23(10-15)36-14-35-22/h4-12H,2-3,13-14H2,1H3. The lowest BCUT2D eigenvalue weighted by molar-refractivity contribution is 0.174. The quantitative estimate of drug-likeness (QED) is 0.201. The van der Waals surface area contributed by atoms with Crippen molar-refractivity contribution in [3.8, 4) is 17.2 Å². The van der Waals surface area contributed by atoms with Crippen molar-refractivity contribution in [3.05, 3.63) is 89.3 Å². The zero-order valence-corrected chi connectivity index (χ0v) is 23.9. The van der Waals surface area contributed by atoms with Gasteiger partial charge in [-0.05, 0) is 91.9 Å². The van der Waals surface area contributed by atoms with Crippen molar-refractivity contribution in [1.82, 2.24) is 9.66 Å². The zero-order chi connectivity index (χ0) is 25.2. The van der Waals surface area contributed by atoms with Crippen molar-refractivity contribution in [2.75, 3.05) is 6.79 Å².